The molecule has 0 aromatic heterocycles. The van der Waals surface area contributed by atoms with E-state index in [1.165, 1.54) is 30.3 Å². The van der Waals surface area contributed by atoms with Crippen molar-refractivity contribution in [2.75, 3.05) is 38.5 Å². The van der Waals surface area contributed by atoms with Gasteiger partial charge in [0.15, 0.2) is 0 Å². The molecule has 1 heterocycles. The summed E-state index contributed by atoms with van der Waals surface area (Å²) < 4.78 is 54.4. The van der Waals surface area contributed by atoms with E-state index in [-0.39, 0.29) is 23.4 Å². The van der Waals surface area contributed by atoms with Crippen LogP contribution in [-0.4, -0.2) is 48.9 Å². The van der Waals surface area contributed by atoms with Gasteiger partial charge >= 0.3 is 6.18 Å². The zero-order chi connectivity index (χ0) is 21.9. The van der Waals surface area contributed by atoms with E-state index in [1.807, 2.05) is 34.5 Å². The Balaban J connectivity index is 1.79. The van der Waals surface area contributed by atoms with Gasteiger partial charge in [0.2, 0.25) is 0 Å². The van der Waals surface area contributed by atoms with Crippen LogP contribution in [0.15, 0.2) is 36.4 Å². The molecule has 30 heavy (non-hydrogen) atoms. The summed E-state index contributed by atoms with van der Waals surface area (Å²) in [5.41, 5.74) is 0.221. The molecule has 1 saturated heterocycles. The molecule has 4 nitrogen and oxygen atoms in total. The van der Waals surface area contributed by atoms with Gasteiger partial charge in [-0.25, -0.2) is 4.39 Å². The predicted molar refractivity (Wildman–Crippen MR) is 116 cm³/mol. The maximum Gasteiger partial charge on any atom is 0.416 e. The van der Waals surface area contributed by atoms with Crippen molar-refractivity contribution in [3.8, 4) is 0 Å². The minimum Gasteiger partial charge on any atom is -0.322 e. The Bertz CT molecular complexity index is 912. The monoisotopic (exact) mass is 535 g/mol. The third kappa shape index (κ3) is 5.70. The van der Waals surface area contributed by atoms with E-state index < -0.39 is 24.3 Å². The van der Waals surface area contributed by atoms with Crippen LogP contribution >= 0.6 is 22.6 Å². The molecule has 1 aliphatic heterocycles. The molecule has 0 unspecified atom stereocenters. The molecule has 0 saturated carbocycles. The van der Waals surface area contributed by atoms with E-state index in [0.29, 0.717) is 22.2 Å². The lowest BCUT2D eigenvalue weighted by molar-refractivity contribution is -0.138. The lowest BCUT2D eigenvalue weighted by atomic mass is 10.0. The number of anilines is 1. The number of halogens is 5. The molecule has 0 aliphatic carbocycles. The number of rotatable bonds is 5. The number of hydrogen-bond donors (Lipinski definition) is 1. The molecule has 1 N–H and O–H groups in total. The maximum absolute atomic E-state index is 13.7. The number of amides is 1. The molecule has 3 rings (SSSR count). The highest BCUT2D eigenvalue weighted by Crippen LogP contribution is 2.34. The first-order valence-electron chi connectivity index (χ1n) is 9.44. The molecule has 1 amide bonds. The van der Waals surface area contributed by atoms with Crippen molar-refractivity contribution in [3.63, 3.8) is 0 Å². The number of nitrogens with one attached hydrogen (secondary N) is 1. The highest BCUT2D eigenvalue weighted by Gasteiger charge is 2.34. The normalized spacial score (nSPS) is 15.9. The fourth-order valence-electron chi connectivity index (χ4n) is 3.30. The van der Waals surface area contributed by atoms with Gasteiger partial charge in [0.1, 0.15) is 6.67 Å². The van der Waals surface area contributed by atoms with Gasteiger partial charge in [0.05, 0.1) is 5.56 Å². The molecular formula is C21H22F4IN3O. The van der Waals surface area contributed by atoms with Crippen LogP contribution in [0.3, 0.4) is 0 Å². The molecule has 2 aromatic carbocycles. The van der Waals surface area contributed by atoms with E-state index in [9.17, 15) is 22.4 Å². The molecule has 1 aliphatic rings. The Labute approximate surface area is 186 Å². The summed E-state index contributed by atoms with van der Waals surface area (Å²) in [4.78, 5) is 16.6. The second-order valence-corrected chi connectivity index (χ2v) is 8.51. The van der Waals surface area contributed by atoms with Crippen LogP contribution in [0.1, 0.15) is 27.0 Å². The maximum atomic E-state index is 13.7. The second-order valence-electron chi connectivity index (χ2n) is 7.34. The van der Waals surface area contributed by atoms with E-state index in [4.69, 9.17) is 0 Å². The number of likely N-dealkylation sites (N-methyl/N-ethyl adjacent to an activating group) is 1. The minimum atomic E-state index is -4.53. The van der Waals surface area contributed by atoms with Gasteiger partial charge in [-0.2, -0.15) is 13.2 Å². The fraction of sp³-hybridized carbons (Fsp3) is 0.381. The predicted octanol–water partition coefficient (Wildman–Crippen LogP) is 4.78. The number of hydrogen-bond acceptors (Lipinski definition) is 3. The van der Waals surface area contributed by atoms with Crippen molar-refractivity contribution in [1.29, 1.82) is 0 Å². The summed E-state index contributed by atoms with van der Waals surface area (Å²) in [6, 6.07) is 8.35. The lowest BCUT2D eigenvalue weighted by Crippen LogP contribution is -2.44. The smallest absolute Gasteiger partial charge is 0.322 e. The van der Waals surface area contributed by atoms with Crippen LogP contribution in [0.5, 0.6) is 0 Å². The lowest BCUT2D eigenvalue weighted by Gasteiger charge is -2.33. The molecule has 1 fully saturated rings. The average Bonchev–Trinajstić information content (AvgIpc) is 2.70. The summed E-state index contributed by atoms with van der Waals surface area (Å²) in [6.07, 6.45) is -4.53. The first-order valence-corrected chi connectivity index (χ1v) is 10.5. The van der Waals surface area contributed by atoms with Crippen LogP contribution in [0, 0.1) is 3.57 Å². The summed E-state index contributed by atoms with van der Waals surface area (Å²) >= 11 is 1.92. The van der Waals surface area contributed by atoms with Crippen molar-refractivity contribution in [2.45, 2.75) is 19.4 Å². The molecule has 9 heteroatoms. The zero-order valence-electron chi connectivity index (χ0n) is 16.4. The Morgan fingerprint density at radius 1 is 1.07 bits per heavy atom. The summed E-state index contributed by atoms with van der Waals surface area (Å²) in [5.74, 6) is -0.543. The Morgan fingerprint density at radius 3 is 2.33 bits per heavy atom. The Kier molecular flexibility index (Phi) is 7.35. The van der Waals surface area contributed by atoms with Crippen molar-refractivity contribution in [3.05, 3.63) is 62.2 Å². The first kappa shape index (κ1) is 23.0. The van der Waals surface area contributed by atoms with Gasteiger partial charge in [0.25, 0.3) is 5.91 Å². The SMILES string of the molecule is CN1CCN(Cc2ccc(NC(=O)c3ccc(CF)c(I)c3)cc2C(F)(F)F)CC1. The van der Waals surface area contributed by atoms with Crippen LogP contribution in [-0.2, 0) is 19.4 Å². The average molecular weight is 535 g/mol. The standard InChI is InChI=1S/C21H22F4IN3O/c1-28-6-8-29(9-7-28)13-16-4-5-17(11-18(16)21(23,24)25)27-20(30)14-2-3-15(12-22)19(26)10-14/h2-5,10-11H,6-9,12-13H2,1H3,(H,27,30). The summed E-state index contributed by atoms with van der Waals surface area (Å²) in [7, 11) is 1.99. The quantitative estimate of drug-likeness (QED) is 0.443. The topological polar surface area (TPSA) is 35.6 Å². The number of benzene rings is 2. The zero-order valence-corrected chi connectivity index (χ0v) is 18.6. The Morgan fingerprint density at radius 2 is 1.73 bits per heavy atom. The van der Waals surface area contributed by atoms with Crippen molar-refractivity contribution >= 4 is 34.2 Å². The van der Waals surface area contributed by atoms with Gasteiger partial charge < -0.3 is 10.2 Å². The largest absolute Gasteiger partial charge is 0.416 e. The van der Waals surface area contributed by atoms with Gasteiger partial charge in [-0.3, -0.25) is 9.69 Å². The number of nitrogens with zero attached hydrogens (tertiary/aromatic N) is 2. The molecular weight excluding hydrogens is 513 g/mol. The van der Waals surface area contributed by atoms with E-state index in [2.05, 4.69) is 10.2 Å². The molecule has 162 valence electrons. The van der Waals surface area contributed by atoms with Crippen LogP contribution in [0.25, 0.3) is 0 Å². The molecule has 0 radical (unpaired) electrons. The number of carbonyl (C=O) groups is 1. The Hall–Kier alpha value is -1.72. The van der Waals surface area contributed by atoms with Gasteiger partial charge in [-0.15, -0.1) is 0 Å². The third-order valence-corrected chi connectivity index (χ3v) is 6.13. The fourth-order valence-corrected chi connectivity index (χ4v) is 3.96. The molecule has 0 spiro atoms. The van der Waals surface area contributed by atoms with Gasteiger partial charge in [-0.05, 0) is 65.0 Å². The minimum absolute atomic E-state index is 0.0685. The van der Waals surface area contributed by atoms with Crippen molar-refractivity contribution in [2.24, 2.45) is 0 Å². The van der Waals surface area contributed by atoms with Gasteiger partial charge in [0, 0.05) is 47.5 Å². The summed E-state index contributed by atoms with van der Waals surface area (Å²) in [5, 5.41) is 2.52. The first-order chi connectivity index (χ1) is 14.2. The number of alkyl halides is 4. The third-order valence-electron chi connectivity index (χ3n) is 5.12. The number of piperazine rings is 1. The van der Waals surface area contributed by atoms with E-state index in [0.717, 1.165) is 19.2 Å². The molecule has 0 bridgehead atoms. The highest BCUT2D eigenvalue weighted by atomic mass is 127. The molecule has 0 atom stereocenters. The second kappa shape index (κ2) is 9.61. The van der Waals surface area contributed by atoms with E-state index in [1.54, 1.807) is 0 Å². The van der Waals surface area contributed by atoms with Crippen molar-refractivity contribution in [1.82, 2.24) is 9.80 Å². The van der Waals surface area contributed by atoms with E-state index >= 15 is 0 Å². The summed E-state index contributed by atoms with van der Waals surface area (Å²) in [6.45, 7) is 2.61. The van der Waals surface area contributed by atoms with Crippen molar-refractivity contribution < 1.29 is 22.4 Å². The highest BCUT2D eigenvalue weighted by molar-refractivity contribution is 14.1. The van der Waals surface area contributed by atoms with Crippen LogP contribution < -0.4 is 5.32 Å². The van der Waals surface area contributed by atoms with Gasteiger partial charge in [-0.1, -0.05) is 12.1 Å². The number of carbonyl (C=O) groups excluding carboxylic acids is 1. The van der Waals surface area contributed by atoms with Crippen LogP contribution in [0.2, 0.25) is 0 Å². The molecule has 2 aromatic rings. The van der Waals surface area contributed by atoms with Crippen LogP contribution in [0.4, 0.5) is 23.2 Å².